The Bertz CT molecular complexity index is 1690. The van der Waals surface area contributed by atoms with Gasteiger partial charge in [-0.3, -0.25) is 19.3 Å². The Labute approximate surface area is 241 Å². The topological polar surface area (TPSA) is 117 Å². The normalized spacial score (nSPS) is 15.3. The monoisotopic (exact) mass is 569 g/mol. The number of nitriles is 1. The van der Waals surface area contributed by atoms with Crippen LogP contribution < -0.4 is 5.32 Å². The van der Waals surface area contributed by atoms with Gasteiger partial charge in [0.25, 0.3) is 11.8 Å². The molecule has 0 bridgehead atoms. The van der Waals surface area contributed by atoms with E-state index in [1.54, 1.807) is 47.0 Å². The van der Waals surface area contributed by atoms with Gasteiger partial charge in [-0.15, -0.1) is 0 Å². The van der Waals surface area contributed by atoms with Crippen molar-refractivity contribution in [2.45, 2.75) is 44.6 Å². The summed E-state index contributed by atoms with van der Waals surface area (Å²) in [5.41, 5.74) is 2.38. The number of fused-ring (bicyclic) bond motifs is 1. The molecule has 214 valence electrons. The van der Waals surface area contributed by atoms with Gasteiger partial charge in [-0.25, -0.2) is 13.8 Å². The van der Waals surface area contributed by atoms with E-state index in [1.165, 1.54) is 30.6 Å². The molecule has 1 atom stereocenters. The molecule has 42 heavy (non-hydrogen) atoms. The average molecular weight is 570 g/mol. The molecule has 2 amide bonds. The van der Waals surface area contributed by atoms with Crippen molar-refractivity contribution >= 4 is 28.5 Å². The van der Waals surface area contributed by atoms with Crippen molar-refractivity contribution in [3.05, 3.63) is 84.3 Å². The third kappa shape index (κ3) is 5.61. The van der Waals surface area contributed by atoms with E-state index in [0.29, 0.717) is 52.8 Å². The first-order valence-corrected chi connectivity index (χ1v) is 13.7. The van der Waals surface area contributed by atoms with Crippen LogP contribution in [0.25, 0.3) is 22.2 Å². The van der Waals surface area contributed by atoms with Gasteiger partial charge in [0.2, 0.25) is 5.91 Å². The molecule has 1 aliphatic heterocycles. The van der Waals surface area contributed by atoms with Crippen LogP contribution in [0.2, 0.25) is 0 Å². The summed E-state index contributed by atoms with van der Waals surface area (Å²) in [6, 6.07) is 11.2. The molecule has 1 fully saturated rings. The largest absolute Gasteiger partial charge is 0.337 e. The summed E-state index contributed by atoms with van der Waals surface area (Å²) < 4.78 is 30.5. The van der Waals surface area contributed by atoms with Gasteiger partial charge in [-0.2, -0.15) is 10.4 Å². The van der Waals surface area contributed by atoms with Crippen LogP contribution in [0.15, 0.2) is 67.6 Å². The second-order valence-electron chi connectivity index (χ2n) is 10.2. The Morgan fingerprint density at radius 3 is 2.74 bits per heavy atom. The molecule has 1 aromatic carbocycles. The highest BCUT2D eigenvalue weighted by Crippen LogP contribution is 2.35. The van der Waals surface area contributed by atoms with E-state index in [-0.39, 0.29) is 29.8 Å². The van der Waals surface area contributed by atoms with E-state index in [4.69, 9.17) is 5.10 Å². The number of rotatable bonds is 8. The number of amides is 2. The number of aromatic nitrogens is 4. The minimum absolute atomic E-state index is 0.0358. The number of nitrogens with zero attached hydrogens (tertiary/aromatic N) is 6. The van der Waals surface area contributed by atoms with E-state index in [1.807, 2.05) is 0 Å². The quantitative estimate of drug-likeness (QED) is 0.266. The maximum absolute atomic E-state index is 14.4. The molecule has 0 radical (unpaired) electrons. The Kier molecular flexibility index (Phi) is 8.06. The molecule has 1 unspecified atom stereocenters. The number of piperidine rings is 1. The standard InChI is InChI=1S/C31H29F2N7O2/c1-3-12-31(32,33)23-11-13-36-26(15-23)37-30(42)21-9-7-20(8-10-21)28-25-18-35-17-22(16-34)29(25)40(38-28)24-6-5-14-39(19-24)27(41)4-2/h4,7-11,13,15,17-18,24H,2-3,5-6,12,14,19H2,1H3,(H,36,37,42). The molecule has 0 spiro atoms. The maximum Gasteiger partial charge on any atom is 0.273 e. The number of alkyl halides is 2. The minimum atomic E-state index is -3.01. The number of pyridine rings is 2. The number of halogens is 2. The van der Waals surface area contributed by atoms with Crippen molar-refractivity contribution in [3.63, 3.8) is 0 Å². The summed E-state index contributed by atoms with van der Waals surface area (Å²) >= 11 is 0. The summed E-state index contributed by atoms with van der Waals surface area (Å²) in [6.07, 6.45) is 7.28. The first kappa shape index (κ1) is 28.5. The minimum Gasteiger partial charge on any atom is -0.337 e. The van der Waals surface area contributed by atoms with E-state index >= 15 is 0 Å². The molecular weight excluding hydrogens is 540 g/mol. The summed E-state index contributed by atoms with van der Waals surface area (Å²) in [7, 11) is 0. The van der Waals surface area contributed by atoms with Crippen LogP contribution in [0.3, 0.4) is 0 Å². The Hall–Kier alpha value is -4.98. The summed E-state index contributed by atoms with van der Waals surface area (Å²) in [4.78, 5) is 35.2. The fraction of sp³-hybridized carbons (Fsp3) is 0.290. The number of benzene rings is 1. The van der Waals surface area contributed by atoms with Crippen LogP contribution in [0.5, 0.6) is 0 Å². The predicted molar refractivity (Wildman–Crippen MR) is 154 cm³/mol. The predicted octanol–water partition coefficient (Wildman–Crippen LogP) is 5.86. The van der Waals surface area contributed by atoms with E-state index in [0.717, 1.165) is 12.8 Å². The average Bonchev–Trinajstić information content (AvgIpc) is 3.41. The number of carbonyl (C=O) groups is 2. The lowest BCUT2D eigenvalue weighted by Crippen LogP contribution is -2.40. The van der Waals surface area contributed by atoms with Crippen molar-refractivity contribution in [1.29, 1.82) is 5.26 Å². The lowest BCUT2D eigenvalue weighted by atomic mass is 10.0. The molecule has 3 aromatic heterocycles. The van der Waals surface area contributed by atoms with Gasteiger partial charge in [-0.05, 0) is 43.2 Å². The van der Waals surface area contributed by atoms with Gasteiger partial charge in [0.15, 0.2) is 0 Å². The molecule has 1 N–H and O–H groups in total. The summed E-state index contributed by atoms with van der Waals surface area (Å²) in [6.45, 7) is 6.34. The fourth-order valence-electron chi connectivity index (χ4n) is 5.28. The number of hydrogen-bond donors (Lipinski definition) is 1. The molecule has 1 aliphatic rings. The van der Waals surface area contributed by atoms with Crippen molar-refractivity contribution in [2.75, 3.05) is 18.4 Å². The molecule has 0 saturated carbocycles. The van der Waals surface area contributed by atoms with Crippen molar-refractivity contribution in [1.82, 2.24) is 24.6 Å². The first-order valence-electron chi connectivity index (χ1n) is 13.7. The highest BCUT2D eigenvalue weighted by molar-refractivity contribution is 6.04. The van der Waals surface area contributed by atoms with Crippen LogP contribution >= 0.6 is 0 Å². The van der Waals surface area contributed by atoms with Gasteiger partial charge >= 0.3 is 0 Å². The van der Waals surface area contributed by atoms with Crippen LogP contribution in [-0.2, 0) is 10.7 Å². The molecule has 5 rings (SSSR count). The number of nitrogens with one attached hydrogen (secondary N) is 1. The molecule has 4 aromatic rings. The Balaban J connectivity index is 1.43. The van der Waals surface area contributed by atoms with Crippen LogP contribution in [-0.4, -0.2) is 49.6 Å². The van der Waals surface area contributed by atoms with Crippen molar-refractivity contribution in [2.24, 2.45) is 0 Å². The van der Waals surface area contributed by atoms with Crippen LogP contribution in [0.4, 0.5) is 14.6 Å². The lowest BCUT2D eigenvalue weighted by molar-refractivity contribution is -0.127. The number of hydrogen-bond acceptors (Lipinski definition) is 6. The zero-order valence-electron chi connectivity index (χ0n) is 23.1. The van der Waals surface area contributed by atoms with Crippen LogP contribution in [0, 0.1) is 11.3 Å². The zero-order valence-corrected chi connectivity index (χ0v) is 23.1. The molecule has 0 aliphatic carbocycles. The summed E-state index contributed by atoms with van der Waals surface area (Å²) in [5, 5.41) is 18.0. The van der Waals surface area contributed by atoms with E-state index < -0.39 is 11.8 Å². The number of likely N-dealkylation sites (tertiary alicyclic amines) is 1. The summed E-state index contributed by atoms with van der Waals surface area (Å²) in [5.74, 6) is -3.62. The SMILES string of the molecule is C=CC(=O)N1CCCC(n2nc(-c3ccc(C(=O)Nc4cc(C(F)(F)CCC)ccn4)cc3)c3cncc(C#N)c32)C1. The van der Waals surface area contributed by atoms with Gasteiger partial charge in [0, 0.05) is 60.2 Å². The van der Waals surface area contributed by atoms with Gasteiger partial charge < -0.3 is 10.2 Å². The van der Waals surface area contributed by atoms with E-state index in [9.17, 15) is 23.6 Å². The second kappa shape index (κ2) is 11.9. The molecule has 1 saturated heterocycles. The third-order valence-electron chi connectivity index (χ3n) is 7.37. The Morgan fingerprint density at radius 1 is 1.24 bits per heavy atom. The highest BCUT2D eigenvalue weighted by Gasteiger charge is 2.31. The van der Waals surface area contributed by atoms with Crippen LogP contribution in [0.1, 0.15) is 60.1 Å². The molecule has 9 nitrogen and oxygen atoms in total. The third-order valence-corrected chi connectivity index (χ3v) is 7.37. The maximum atomic E-state index is 14.4. The lowest BCUT2D eigenvalue weighted by Gasteiger charge is -2.32. The fourth-order valence-corrected chi connectivity index (χ4v) is 5.28. The van der Waals surface area contributed by atoms with E-state index in [2.05, 4.69) is 27.9 Å². The van der Waals surface area contributed by atoms with Gasteiger partial charge in [0.05, 0.1) is 17.1 Å². The molecular formula is C31H29F2N7O2. The molecule has 11 heteroatoms. The van der Waals surface area contributed by atoms with Gasteiger partial charge in [0.1, 0.15) is 17.6 Å². The first-order chi connectivity index (χ1) is 20.2. The number of carbonyl (C=O) groups excluding carboxylic acids is 2. The Morgan fingerprint density at radius 2 is 2.02 bits per heavy atom. The smallest absolute Gasteiger partial charge is 0.273 e. The molecule has 4 heterocycles. The van der Waals surface area contributed by atoms with Crippen molar-refractivity contribution < 1.29 is 18.4 Å². The van der Waals surface area contributed by atoms with Crippen molar-refractivity contribution in [3.8, 4) is 17.3 Å². The second-order valence-corrected chi connectivity index (χ2v) is 10.2. The highest BCUT2D eigenvalue weighted by atomic mass is 19.3. The zero-order chi connectivity index (χ0) is 29.9. The van der Waals surface area contributed by atoms with Gasteiger partial charge in [-0.1, -0.05) is 32.1 Å². The number of anilines is 1.